The third kappa shape index (κ3) is 4.06. The fourth-order valence-electron chi connectivity index (χ4n) is 2.00. The van der Waals surface area contributed by atoms with Crippen molar-refractivity contribution in [3.63, 3.8) is 0 Å². The van der Waals surface area contributed by atoms with Crippen molar-refractivity contribution in [3.8, 4) is 11.6 Å². The summed E-state index contributed by atoms with van der Waals surface area (Å²) in [5.41, 5.74) is -4.71. The van der Waals surface area contributed by atoms with Gasteiger partial charge in [-0.05, 0) is 24.1 Å². The number of H-pyrrole nitrogens is 1. The average molecular weight is 366 g/mol. The van der Waals surface area contributed by atoms with Crippen molar-refractivity contribution >= 4 is 5.78 Å². The monoisotopic (exact) mass is 366 g/mol. The largest absolute Gasteiger partial charge is 1.00 e. The fraction of sp³-hybridized carbons (Fsp3) is 0.214. The van der Waals surface area contributed by atoms with Crippen LogP contribution in [0.2, 0.25) is 0 Å². The van der Waals surface area contributed by atoms with E-state index in [1.807, 2.05) is 0 Å². The van der Waals surface area contributed by atoms with E-state index in [2.05, 4.69) is 0 Å². The Hall–Kier alpha value is -1.20. The minimum absolute atomic E-state index is 0. The van der Waals surface area contributed by atoms with Crippen molar-refractivity contribution in [1.29, 1.82) is 0 Å². The number of halogens is 3. The van der Waals surface area contributed by atoms with Crippen molar-refractivity contribution in [2.75, 3.05) is 0 Å². The van der Waals surface area contributed by atoms with Crippen LogP contribution in [0.5, 0.6) is 5.88 Å². The molecule has 0 bridgehead atoms. The molecule has 0 saturated heterocycles. The number of carbonyl (C=O) groups is 1. The summed E-state index contributed by atoms with van der Waals surface area (Å²) in [7, 11) is 0. The number of Topliss-reactive ketones (excluding diaryl/α,β-unsaturated/α-hetero) is 1. The molecule has 122 valence electrons. The van der Waals surface area contributed by atoms with Crippen molar-refractivity contribution in [3.05, 3.63) is 56.2 Å². The summed E-state index contributed by atoms with van der Waals surface area (Å²) >= 11 is 0. The minimum Gasteiger partial charge on any atom is -0.859 e. The normalized spacial score (nSPS) is 11.0. The number of rotatable bonds is 3. The Balaban J connectivity index is 0.00000288. The molecule has 1 aromatic carbocycles. The van der Waals surface area contributed by atoms with E-state index in [9.17, 15) is 32.7 Å². The fourth-order valence-corrected chi connectivity index (χ4v) is 2.00. The molecule has 0 saturated carbocycles. The maximum atomic E-state index is 12.7. The van der Waals surface area contributed by atoms with Crippen molar-refractivity contribution < 1.29 is 74.5 Å². The third-order valence-corrected chi connectivity index (χ3v) is 3.10. The molecule has 24 heavy (non-hydrogen) atoms. The predicted molar refractivity (Wildman–Crippen MR) is 71.7 cm³/mol. The van der Waals surface area contributed by atoms with Crippen LogP contribution in [0.25, 0.3) is 5.69 Å². The van der Waals surface area contributed by atoms with Gasteiger partial charge in [0.15, 0.2) is 5.78 Å². The second-order valence-electron chi connectivity index (χ2n) is 4.60. The molecule has 1 aromatic heterocycles. The van der Waals surface area contributed by atoms with Crippen LogP contribution in [0.1, 0.15) is 29.3 Å². The molecule has 0 radical (unpaired) electrons. The maximum absolute atomic E-state index is 12.7. The van der Waals surface area contributed by atoms with Crippen LogP contribution in [0.4, 0.5) is 13.2 Å². The number of aromatic amines is 1. The number of hydrogen-bond donors (Lipinski definition) is 1. The van der Waals surface area contributed by atoms with Gasteiger partial charge in [-0.3, -0.25) is 9.59 Å². The average Bonchev–Trinajstić information content (AvgIpc) is 2.45. The number of nitrogens with zero attached hydrogens (tertiary/aromatic N) is 1. The van der Waals surface area contributed by atoms with Crippen LogP contribution < -0.4 is 67.7 Å². The molecule has 10 heteroatoms. The third-order valence-electron chi connectivity index (χ3n) is 3.10. The number of ketones is 1. The summed E-state index contributed by atoms with van der Waals surface area (Å²) in [6.45, 7) is 1.40. The zero-order chi connectivity index (χ0) is 17.4. The molecular weight excluding hydrogens is 356 g/mol. The first-order chi connectivity index (χ1) is 10.7. The quantitative estimate of drug-likeness (QED) is 0.513. The molecule has 0 amide bonds. The summed E-state index contributed by atoms with van der Waals surface area (Å²) in [5.74, 6) is -1.97. The number of carbonyl (C=O) groups excluding carboxylic acids is 1. The number of alkyl halides is 3. The Morgan fingerprint density at radius 1 is 1.29 bits per heavy atom. The smallest absolute Gasteiger partial charge is 0.859 e. The molecule has 0 unspecified atom stereocenters. The zero-order valence-corrected chi connectivity index (χ0v) is 15.9. The van der Waals surface area contributed by atoms with Gasteiger partial charge in [0.1, 0.15) is 0 Å². The molecule has 0 aliphatic heterocycles. The van der Waals surface area contributed by atoms with Gasteiger partial charge in [-0.2, -0.15) is 13.2 Å². The topological polar surface area (TPSA) is 95.0 Å². The number of aromatic nitrogens is 2. The Morgan fingerprint density at radius 3 is 2.46 bits per heavy atom. The molecule has 0 aliphatic carbocycles. The van der Waals surface area contributed by atoms with Gasteiger partial charge in [0.2, 0.25) is 0 Å². The van der Waals surface area contributed by atoms with E-state index < -0.39 is 45.9 Å². The molecule has 2 rings (SSSR count). The molecule has 1 heterocycles. The van der Waals surface area contributed by atoms with Gasteiger partial charge < -0.3 is 10.1 Å². The van der Waals surface area contributed by atoms with E-state index in [0.717, 1.165) is 18.2 Å². The second kappa shape index (κ2) is 7.79. The SMILES string of the molecule is CCC(=O)c1c([O-])[nH]c(=O)n(-c2cccc(C(F)(F)F)c2)c1=O.[K+]. The van der Waals surface area contributed by atoms with E-state index >= 15 is 0 Å². The van der Waals surface area contributed by atoms with Gasteiger partial charge in [-0.1, -0.05) is 13.0 Å². The Labute approximate surface area is 175 Å². The summed E-state index contributed by atoms with van der Waals surface area (Å²) in [6.07, 6.45) is -4.84. The summed E-state index contributed by atoms with van der Waals surface area (Å²) in [4.78, 5) is 37.4. The van der Waals surface area contributed by atoms with E-state index in [-0.39, 0.29) is 57.8 Å². The van der Waals surface area contributed by atoms with Gasteiger partial charge in [0.05, 0.1) is 16.8 Å². The molecule has 0 fully saturated rings. The molecule has 0 spiro atoms. The second-order valence-corrected chi connectivity index (χ2v) is 4.60. The molecule has 0 atom stereocenters. The first-order valence-corrected chi connectivity index (χ1v) is 6.44. The van der Waals surface area contributed by atoms with Crippen LogP contribution >= 0.6 is 0 Å². The Morgan fingerprint density at radius 2 is 1.92 bits per heavy atom. The summed E-state index contributed by atoms with van der Waals surface area (Å²) in [5, 5.41) is 11.6. The molecule has 0 aliphatic rings. The summed E-state index contributed by atoms with van der Waals surface area (Å²) in [6, 6.07) is 3.46. The molecular formula is C14H10F3KN2O4. The van der Waals surface area contributed by atoms with Gasteiger partial charge >= 0.3 is 63.3 Å². The van der Waals surface area contributed by atoms with E-state index in [1.165, 1.54) is 6.92 Å². The van der Waals surface area contributed by atoms with E-state index in [1.54, 1.807) is 4.98 Å². The molecule has 6 nitrogen and oxygen atoms in total. The van der Waals surface area contributed by atoms with E-state index in [0.29, 0.717) is 10.6 Å². The van der Waals surface area contributed by atoms with Gasteiger partial charge in [0, 0.05) is 6.42 Å². The predicted octanol–water partition coefficient (Wildman–Crippen LogP) is -1.79. The van der Waals surface area contributed by atoms with Crippen molar-refractivity contribution in [2.45, 2.75) is 19.5 Å². The van der Waals surface area contributed by atoms with Gasteiger partial charge in [-0.25, -0.2) is 9.36 Å². The number of nitrogens with one attached hydrogen (secondary N) is 1. The Kier molecular flexibility index (Phi) is 6.76. The zero-order valence-electron chi connectivity index (χ0n) is 12.7. The minimum atomic E-state index is -4.67. The van der Waals surface area contributed by atoms with Crippen LogP contribution in [-0.4, -0.2) is 15.3 Å². The van der Waals surface area contributed by atoms with Crippen LogP contribution in [0.15, 0.2) is 33.9 Å². The number of hydrogen-bond acceptors (Lipinski definition) is 4. The van der Waals surface area contributed by atoms with Crippen LogP contribution in [-0.2, 0) is 6.18 Å². The first-order valence-electron chi connectivity index (χ1n) is 6.44. The summed E-state index contributed by atoms with van der Waals surface area (Å²) < 4.78 is 38.5. The molecule has 2 aromatic rings. The number of benzene rings is 1. The Bertz CT molecular complexity index is 887. The van der Waals surface area contributed by atoms with Gasteiger partial charge in [-0.15, -0.1) is 0 Å². The van der Waals surface area contributed by atoms with Crippen LogP contribution in [0.3, 0.4) is 0 Å². The maximum Gasteiger partial charge on any atom is 1.00 e. The standard InChI is InChI=1S/C14H11F3N2O4.K/c1-2-9(20)10-11(21)18-13(23)19(12(10)22)8-5-3-4-7(6-8)14(15,16)17;/h3-6,21H,2H2,1H3,(H,18,23);/q;+1/p-1. The van der Waals surface area contributed by atoms with Crippen molar-refractivity contribution in [2.24, 2.45) is 0 Å². The molecule has 1 N–H and O–H groups in total. The van der Waals surface area contributed by atoms with Crippen molar-refractivity contribution in [1.82, 2.24) is 9.55 Å². The van der Waals surface area contributed by atoms with E-state index in [4.69, 9.17) is 0 Å². The van der Waals surface area contributed by atoms with Crippen LogP contribution in [0, 0.1) is 0 Å². The first kappa shape index (κ1) is 20.8. The van der Waals surface area contributed by atoms with Gasteiger partial charge in [0.25, 0.3) is 5.56 Å².